The smallest absolute Gasteiger partial charge is 0.343 e. The summed E-state index contributed by atoms with van der Waals surface area (Å²) < 4.78 is 5.37. The zero-order chi connectivity index (χ0) is 28.0. The monoisotopic (exact) mass is 554 g/mol. The molecule has 0 radical (unpaired) electrons. The lowest BCUT2D eigenvalue weighted by atomic mass is 9.85. The number of hydrogen-bond acceptors (Lipinski definition) is 6. The highest BCUT2D eigenvalue weighted by molar-refractivity contribution is 6.34. The SMILES string of the molecule is O=C(CN(C(=O)c1ccccc1Cl)N1C(=O)[C@@H]2[C@@H](C1=O)[C@H]1C=C[C@H]2C1)c1ccc(OC(=O)c2ccccc2)cc1. The zero-order valence-electron chi connectivity index (χ0n) is 21.1. The predicted octanol–water partition coefficient (Wildman–Crippen LogP) is 4.61. The summed E-state index contributed by atoms with van der Waals surface area (Å²) in [6.45, 7) is -0.563. The molecule has 9 heteroatoms. The molecule has 1 aliphatic heterocycles. The van der Waals surface area contributed by atoms with Crippen molar-refractivity contribution in [1.29, 1.82) is 0 Å². The van der Waals surface area contributed by atoms with Gasteiger partial charge in [0, 0.05) is 5.56 Å². The highest BCUT2D eigenvalue weighted by Gasteiger charge is 2.61. The van der Waals surface area contributed by atoms with Crippen LogP contribution in [0.25, 0.3) is 0 Å². The molecule has 0 unspecified atom stereocenters. The van der Waals surface area contributed by atoms with Crippen molar-refractivity contribution in [1.82, 2.24) is 10.0 Å². The summed E-state index contributed by atoms with van der Waals surface area (Å²) >= 11 is 6.28. The van der Waals surface area contributed by atoms with Gasteiger partial charge in [-0.05, 0) is 66.8 Å². The van der Waals surface area contributed by atoms with Crippen LogP contribution in [-0.4, -0.2) is 46.0 Å². The van der Waals surface area contributed by atoms with Gasteiger partial charge < -0.3 is 4.74 Å². The fourth-order valence-corrected chi connectivity index (χ4v) is 6.02. The van der Waals surface area contributed by atoms with E-state index in [9.17, 15) is 24.0 Å². The minimum absolute atomic E-state index is 0.0597. The molecule has 8 nitrogen and oxygen atoms in total. The van der Waals surface area contributed by atoms with Gasteiger partial charge in [-0.3, -0.25) is 19.2 Å². The van der Waals surface area contributed by atoms with Crippen molar-refractivity contribution in [2.24, 2.45) is 23.7 Å². The average molecular weight is 555 g/mol. The maximum Gasteiger partial charge on any atom is 0.343 e. The summed E-state index contributed by atoms with van der Waals surface area (Å²) in [5.41, 5.74) is 0.654. The number of ketones is 1. The van der Waals surface area contributed by atoms with Gasteiger partial charge in [-0.2, -0.15) is 5.01 Å². The summed E-state index contributed by atoms with van der Waals surface area (Å²) in [5.74, 6) is -3.73. The number of imide groups is 1. The molecule has 3 aromatic rings. The van der Waals surface area contributed by atoms with Crippen molar-refractivity contribution in [2.75, 3.05) is 6.54 Å². The van der Waals surface area contributed by atoms with E-state index in [1.165, 1.54) is 36.4 Å². The molecule has 3 amide bonds. The summed E-state index contributed by atoms with van der Waals surface area (Å²) in [5, 5.41) is 1.90. The molecule has 40 heavy (non-hydrogen) atoms. The number of allylic oxidation sites excluding steroid dienone is 2. The first-order valence-electron chi connectivity index (χ1n) is 12.9. The van der Waals surface area contributed by atoms with Crippen LogP contribution in [0.3, 0.4) is 0 Å². The first kappa shape index (κ1) is 25.7. The number of esters is 1. The maximum atomic E-state index is 13.7. The van der Waals surface area contributed by atoms with Crippen LogP contribution < -0.4 is 4.74 Å². The molecule has 1 heterocycles. The van der Waals surface area contributed by atoms with Crippen LogP contribution in [-0.2, 0) is 9.59 Å². The highest BCUT2D eigenvalue weighted by Crippen LogP contribution is 2.52. The summed E-state index contributed by atoms with van der Waals surface area (Å²) in [7, 11) is 0. The number of ether oxygens (including phenoxy) is 1. The Morgan fingerprint density at radius 1 is 0.800 bits per heavy atom. The third kappa shape index (κ3) is 4.40. The van der Waals surface area contributed by atoms with Crippen LogP contribution in [0, 0.1) is 23.7 Å². The van der Waals surface area contributed by atoms with Crippen molar-refractivity contribution < 1.29 is 28.7 Å². The predicted molar refractivity (Wildman–Crippen MR) is 144 cm³/mol. The second-order valence-corrected chi connectivity index (χ2v) is 10.4. The highest BCUT2D eigenvalue weighted by atomic mass is 35.5. The molecular formula is C31H23ClN2O6. The topological polar surface area (TPSA) is 101 Å². The lowest BCUT2D eigenvalue weighted by Crippen LogP contribution is -2.52. The van der Waals surface area contributed by atoms with Crippen LogP contribution in [0.4, 0.5) is 0 Å². The Balaban J connectivity index is 1.25. The second-order valence-electron chi connectivity index (χ2n) is 10.0. The van der Waals surface area contributed by atoms with Gasteiger partial charge in [-0.25, -0.2) is 9.80 Å². The van der Waals surface area contributed by atoms with Crippen LogP contribution in [0.5, 0.6) is 5.75 Å². The number of carbonyl (C=O) groups is 5. The van der Waals surface area contributed by atoms with Gasteiger partial charge in [0.05, 0.1) is 28.0 Å². The number of amides is 3. The van der Waals surface area contributed by atoms with Gasteiger partial charge in [0.2, 0.25) is 0 Å². The van der Waals surface area contributed by atoms with Gasteiger partial charge >= 0.3 is 5.97 Å². The molecule has 2 fully saturated rings. The zero-order valence-corrected chi connectivity index (χ0v) is 21.9. The Kier molecular flexibility index (Phi) is 6.56. The van der Waals surface area contributed by atoms with Gasteiger partial charge in [-0.15, -0.1) is 0 Å². The Morgan fingerprint density at radius 2 is 1.40 bits per heavy atom. The second kappa shape index (κ2) is 10.2. The van der Waals surface area contributed by atoms with E-state index in [0.29, 0.717) is 5.56 Å². The number of Topliss-reactive ketones (excluding diaryl/α,β-unsaturated/α-hetero) is 1. The molecule has 2 aliphatic carbocycles. The molecular weight excluding hydrogens is 532 g/mol. The van der Waals surface area contributed by atoms with Gasteiger partial charge in [0.25, 0.3) is 17.7 Å². The molecule has 1 saturated heterocycles. The van der Waals surface area contributed by atoms with E-state index in [2.05, 4.69) is 0 Å². The van der Waals surface area contributed by atoms with E-state index in [-0.39, 0.29) is 33.7 Å². The van der Waals surface area contributed by atoms with Crippen LogP contribution in [0.2, 0.25) is 5.02 Å². The number of fused-ring (bicyclic) bond motifs is 5. The number of hydrazine groups is 1. The first-order valence-corrected chi connectivity index (χ1v) is 13.2. The lowest BCUT2D eigenvalue weighted by molar-refractivity contribution is -0.154. The summed E-state index contributed by atoms with van der Waals surface area (Å²) in [4.78, 5) is 66.5. The number of benzene rings is 3. The molecule has 0 aromatic heterocycles. The van der Waals surface area contributed by atoms with Gasteiger partial charge in [0.15, 0.2) is 5.78 Å². The largest absolute Gasteiger partial charge is 0.423 e. The van der Waals surface area contributed by atoms with Gasteiger partial charge in [-0.1, -0.05) is 54.1 Å². The fourth-order valence-electron chi connectivity index (χ4n) is 5.81. The van der Waals surface area contributed by atoms with Crippen molar-refractivity contribution in [2.45, 2.75) is 6.42 Å². The van der Waals surface area contributed by atoms with Crippen LogP contribution >= 0.6 is 11.6 Å². The van der Waals surface area contributed by atoms with Gasteiger partial charge in [0.1, 0.15) is 12.3 Å². The minimum atomic E-state index is -0.727. The number of carbonyl (C=O) groups excluding carboxylic acids is 5. The Bertz CT molecular complexity index is 1540. The van der Waals surface area contributed by atoms with E-state index in [1.54, 1.807) is 42.5 Å². The van der Waals surface area contributed by atoms with E-state index in [4.69, 9.17) is 16.3 Å². The number of nitrogens with zero attached hydrogens (tertiary/aromatic N) is 2. The third-order valence-corrected chi connectivity index (χ3v) is 8.05. The molecule has 0 spiro atoms. The quantitative estimate of drug-likeness (QED) is 0.139. The average Bonchev–Trinajstić information content (AvgIpc) is 3.66. The molecule has 2 bridgehead atoms. The Morgan fingerprint density at radius 3 is 2.02 bits per heavy atom. The summed E-state index contributed by atoms with van der Waals surface area (Å²) in [6.07, 6.45) is 4.65. The molecule has 0 N–H and O–H groups in total. The van der Waals surface area contributed by atoms with Crippen LogP contribution in [0.15, 0.2) is 91.0 Å². The standard InChI is InChI=1S/C31H23ClN2O6/c32-24-9-5-4-8-23(24)28(36)33(34-29(37)26-20-10-11-21(16-20)27(26)30(34)38)17-25(35)18-12-14-22(15-13-18)40-31(39)19-6-2-1-3-7-19/h1-15,20-21,26-27H,16-17H2/t20-,21-,26-,27-/m0/s1. The normalized spacial score (nSPS) is 22.4. The molecule has 1 saturated carbocycles. The molecule has 4 atom stereocenters. The van der Waals surface area contributed by atoms with Crippen molar-refractivity contribution in [3.63, 3.8) is 0 Å². The number of halogens is 1. The minimum Gasteiger partial charge on any atom is -0.423 e. The Hall–Kier alpha value is -4.56. The number of rotatable bonds is 7. The van der Waals surface area contributed by atoms with E-state index < -0.39 is 47.9 Å². The van der Waals surface area contributed by atoms with Crippen molar-refractivity contribution >= 4 is 41.1 Å². The van der Waals surface area contributed by atoms with E-state index in [1.807, 2.05) is 12.2 Å². The van der Waals surface area contributed by atoms with Crippen LogP contribution in [0.1, 0.15) is 37.5 Å². The molecule has 3 aromatic carbocycles. The van der Waals surface area contributed by atoms with E-state index in [0.717, 1.165) is 16.4 Å². The number of hydrogen-bond donors (Lipinski definition) is 0. The lowest BCUT2D eigenvalue weighted by Gasteiger charge is -2.31. The van der Waals surface area contributed by atoms with E-state index >= 15 is 0 Å². The maximum absolute atomic E-state index is 13.7. The van der Waals surface area contributed by atoms with Crippen molar-refractivity contribution in [3.05, 3.63) is 113 Å². The summed E-state index contributed by atoms with van der Waals surface area (Å²) in [6, 6.07) is 20.6. The Labute approximate surface area is 234 Å². The molecule has 3 aliphatic rings. The van der Waals surface area contributed by atoms with Crippen molar-refractivity contribution in [3.8, 4) is 5.75 Å². The third-order valence-electron chi connectivity index (χ3n) is 7.72. The fraction of sp³-hybridized carbons (Fsp3) is 0.194. The molecule has 200 valence electrons. The first-order chi connectivity index (χ1) is 19.3. The molecule has 6 rings (SSSR count).